The molecule has 4 nitrogen and oxygen atoms in total. The monoisotopic (exact) mass is 786 g/mol. The van der Waals surface area contributed by atoms with Crippen LogP contribution in [0.2, 0.25) is 0 Å². The van der Waals surface area contributed by atoms with E-state index in [1.54, 1.807) is 11.3 Å². The highest BCUT2D eigenvalue weighted by atomic mass is 32.1. The molecule has 0 saturated heterocycles. The Labute approximate surface area is 345 Å². The maximum absolute atomic E-state index is 5.42. The lowest BCUT2D eigenvalue weighted by atomic mass is 10.0. The largest absolute Gasteiger partial charge is 0.308 e. The van der Waals surface area contributed by atoms with Gasteiger partial charge in [0.1, 0.15) is 0 Å². The number of para-hydroxylation sites is 1. The molecule has 0 fully saturated rings. The van der Waals surface area contributed by atoms with E-state index < -0.39 is 0 Å². The van der Waals surface area contributed by atoms with Crippen molar-refractivity contribution in [3.63, 3.8) is 0 Å². The molecule has 4 heterocycles. The van der Waals surface area contributed by atoms with Crippen LogP contribution >= 0.6 is 22.7 Å². The van der Waals surface area contributed by atoms with Gasteiger partial charge in [-0.2, -0.15) is 0 Å². The topological polar surface area (TPSA) is 43.6 Å². The van der Waals surface area contributed by atoms with Crippen LogP contribution < -0.4 is 0 Å². The number of aromatic nitrogens is 4. The number of hydrogen-bond donors (Lipinski definition) is 0. The predicted octanol–water partition coefficient (Wildman–Crippen LogP) is 15.0. The third-order valence-corrected chi connectivity index (χ3v) is 14.2. The highest BCUT2D eigenvalue weighted by Gasteiger charge is 2.22. The van der Waals surface area contributed by atoms with E-state index in [1.165, 1.54) is 78.2 Å². The zero-order valence-electron chi connectivity index (χ0n) is 31.4. The molecule has 13 aromatic rings. The summed E-state index contributed by atoms with van der Waals surface area (Å²) in [5.41, 5.74) is 6.34. The smallest absolute Gasteiger partial charge is 0.165 e. The quantitative estimate of drug-likeness (QED) is 0.178. The molecule has 9 aromatic carbocycles. The average Bonchev–Trinajstić information content (AvgIpc) is 3.98. The van der Waals surface area contributed by atoms with E-state index in [4.69, 9.17) is 15.0 Å². The summed E-state index contributed by atoms with van der Waals surface area (Å²) < 4.78 is 7.37. The molecule has 0 aliphatic rings. The third-order valence-electron chi connectivity index (χ3n) is 11.8. The van der Waals surface area contributed by atoms with E-state index in [0.717, 1.165) is 27.9 Å². The van der Waals surface area contributed by atoms with Gasteiger partial charge in [0.15, 0.2) is 17.5 Å². The van der Waals surface area contributed by atoms with Gasteiger partial charge in [-0.05, 0) is 70.1 Å². The first-order chi connectivity index (χ1) is 29.2. The molecule has 13 rings (SSSR count). The van der Waals surface area contributed by atoms with Crippen molar-refractivity contribution in [1.29, 1.82) is 0 Å². The molecule has 4 aromatic heterocycles. The lowest BCUT2D eigenvalue weighted by molar-refractivity contribution is 1.08. The normalized spacial score (nSPS) is 12.1. The van der Waals surface area contributed by atoms with Crippen LogP contribution in [0.1, 0.15) is 0 Å². The van der Waals surface area contributed by atoms with E-state index in [9.17, 15) is 0 Å². The highest BCUT2D eigenvalue weighted by molar-refractivity contribution is 7.26. The fourth-order valence-corrected chi connectivity index (χ4v) is 11.5. The molecular weight excluding hydrogens is 757 g/mol. The number of thiophene rings is 2. The summed E-state index contributed by atoms with van der Waals surface area (Å²) in [6, 6.07) is 65.5. The van der Waals surface area contributed by atoms with Crippen molar-refractivity contribution in [2.75, 3.05) is 0 Å². The van der Waals surface area contributed by atoms with Gasteiger partial charge in [0.05, 0.1) is 21.4 Å². The SMILES string of the molecule is c1ccc(-c2nc(-c3cc(-n4c5ccccc5c5cc6ccccc6cc54)c4sc5ccc6ccccc6c5c4c3)nc(-c3cccc4c3sc3ccccc34)n2)cc1. The van der Waals surface area contributed by atoms with Crippen molar-refractivity contribution in [3.05, 3.63) is 182 Å². The number of nitrogens with zero attached hydrogens (tertiary/aromatic N) is 4. The summed E-state index contributed by atoms with van der Waals surface area (Å²) in [7, 11) is 0. The molecule has 0 saturated carbocycles. The summed E-state index contributed by atoms with van der Waals surface area (Å²) in [4.78, 5) is 16.0. The van der Waals surface area contributed by atoms with Crippen LogP contribution in [0.25, 0.3) is 124 Å². The molecule has 59 heavy (non-hydrogen) atoms. The molecule has 6 heteroatoms. The number of fused-ring (bicyclic) bond motifs is 12. The first-order valence-corrected chi connectivity index (χ1v) is 21.4. The minimum absolute atomic E-state index is 0.640. The second-order valence-corrected chi connectivity index (χ2v) is 17.3. The van der Waals surface area contributed by atoms with Gasteiger partial charge < -0.3 is 4.57 Å². The molecule has 0 amide bonds. The first kappa shape index (κ1) is 32.8. The van der Waals surface area contributed by atoms with Gasteiger partial charge in [0, 0.05) is 63.1 Å². The van der Waals surface area contributed by atoms with E-state index in [2.05, 4.69) is 168 Å². The van der Waals surface area contributed by atoms with Gasteiger partial charge in [0.25, 0.3) is 0 Å². The first-order valence-electron chi connectivity index (χ1n) is 19.8. The van der Waals surface area contributed by atoms with E-state index in [1.807, 2.05) is 29.5 Å². The summed E-state index contributed by atoms with van der Waals surface area (Å²) in [6.07, 6.45) is 0. The Kier molecular flexibility index (Phi) is 7.02. The minimum atomic E-state index is 0.640. The molecule has 0 unspecified atom stereocenters. The molecule has 274 valence electrons. The van der Waals surface area contributed by atoms with Gasteiger partial charge in [0.2, 0.25) is 0 Å². The molecule has 0 N–H and O–H groups in total. The van der Waals surface area contributed by atoms with E-state index >= 15 is 0 Å². The fourth-order valence-electron chi connectivity index (χ4n) is 9.11. The third kappa shape index (κ3) is 4.97. The van der Waals surface area contributed by atoms with Crippen molar-refractivity contribution in [2.45, 2.75) is 0 Å². The Balaban J connectivity index is 1.16. The summed E-state index contributed by atoms with van der Waals surface area (Å²) in [5, 5.41) is 12.3. The molecule has 0 radical (unpaired) electrons. The van der Waals surface area contributed by atoms with Gasteiger partial charge in [-0.15, -0.1) is 22.7 Å². The van der Waals surface area contributed by atoms with Crippen molar-refractivity contribution < 1.29 is 0 Å². The van der Waals surface area contributed by atoms with Crippen molar-refractivity contribution in [3.8, 4) is 39.9 Å². The van der Waals surface area contributed by atoms with E-state index in [0.29, 0.717) is 17.5 Å². The number of benzene rings is 9. The van der Waals surface area contributed by atoms with Crippen LogP contribution in [-0.2, 0) is 0 Å². The standard InChI is InChI=1S/C53H30N4S2/c1-2-14-32(15-3-1)51-54-52(56-53(55-51)40-22-12-21-39-38-20-9-11-24-46(38)58-49(39)40)35-28-42-48-36-18-7-6-13-31(36)25-26-47(48)59-50(42)45(30-35)57-43-23-10-8-19-37(43)41-27-33-16-4-5-17-34(33)29-44(41)57/h1-30H. The average molecular weight is 787 g/mol. The Hall–Kier alpha value is -7.25. The fraction of sp³-hybridized carbons (Fsp3) is 0. The molecule has 0 aliphatic heterocycles. The molecular formula is C53H30N4S2. The van der Waals surface area contributed by atoms with Gasteiger partial charge in [-0.1, -0.05) is 133 Å². The van der Waals surface area contributed by atoms with Gasteiger partial charge in [-0.25, -0.2) is 15.0 Å². The Bertz CT molecular complexity index is 3860. The second-order valence-electron chi connectivity index (χ2n) is 15.2. The second kappa shape index (κ2) is 12.6. The van der Waals surface area contributed by atoms with Crippen LogP contribution in [-0.4, -0.2) is 19.5 Å². The molecule has 0 aliphatic carbocycles. The minimum Gasteiger partial charge on any atom is -0.308 e. The van der Waals surface area contributed by atoms with Crippen LogP contribution in [0.4, 0.5) is 0 Å². The van der Waals surface area contributed by atoms with E-state index in [-0.39, 0.29) is 0 Å². The highest BCUT2D eigenvalue weighted by Crippen LogP contribution is 2.46. The summed E-state index contributed by atoms with van der Waals surface area (Å²) in [5.74, 6) is 1.95. The van der Waals surface area contributed by atoms with Crippen LogP contribution in [0.3, 0.4) is 0 Å². The van der Waals surface area contributed by atoms with Crippen molar-refractivity contribution >= 4 is 106 Å². The Morgan fingerprint density at radius 2 is 1.02 bits per heavy atom. The molecule has 0 atom stereocenters. The van der Waals surface area contributed by atoms with Crippen molar-refractivity contribution in [1.82, 2.24) is 19.5 Å². The number of rotatable bonds is 4. The Morgan fingerprint density at radius 3 is 1.88 bits per heavy atom. The van der Waals surface area contributed by atoms with Crippen molar-refractivity contribution in [2.24, 2.45) is 0 Å². The lowest BCUT2D eigenvalue weighted by Gasteiger charge is -2.14. The molecule has 0 spiro atoms. The van der Waals surface area contributed by atoms with Crippen LogP contribution in [0.5, 0.6) is 0 Å². The molecule has 0 bridgehead atoms. The number of hydrogen-bond acceptors (Lipinski definition) is 5. The van der Waals surface area contributed by atoms with Crippen LogP contribution in [0.15, 0.2) is 182 Å². The summed E-state index contributed by atoms with van der Waals surface area (Å²) >= 11 is 3.65. The maximum atomic E-state index is 5.42. The maximum Gasteiger partial charge on any atom is 0.165 e. The zero-order chi connectivity index (χ0) is 38.6. The Morgan fingerprint density at radius 1 is 0.356 bits per heavy atom. The van der Waals surface area contributed by atoms with Gasteiger partial charge in [-0.3, -0.25) is 0 Å². The summed E-state index contributed by atoms with van der Waals surface area (Å²) in [6.45, 7) is 0. The zero-order valence-corrected chi connectivity index (χ0v) is 33.1. The van der Waals surface area contributed by atoms with Crippen LogP contribution in [0, 0.1) is 0 Å². The lowest BCUT2D eigenvalue weighted by Crippen LogP contribution is -2.01. The van der Waals surface area contributed by atoms with Gasteiger partial charge >= 0.3 is 0 Å². The predicted molar refractivity (Wildman–Crippen MR) is 251 cm³/mol.